The Morgan fingerprint density at radius 3 is 1.97 bits per heavy atom. The molecule has 0 aliphatic heterocycles. The first kappa shape index (κ1) is 25.5. The Labute approximate surface area is 213 Å². The van der Waals surface area contributed by atoms with Crippen LogP contribution in [-0.4, -0.2) is 45.2 Å². The van der Waals surface area contributed by atoms with Crippen LogP contribution in [0, 0.1) is 12.9 Å². The molecule has 37 heavy (non-hydrogen) atoms. The molecule has 1 N–H and O–H groups in total. The predicted molar refractivity (Wildman–Crippen MR) is 135 cm³/mol. The second-order valence-electron chi connectivity index (χ2n) is 8.31. The molecule has 4 rings (SSSR count). The molecular weight excluding hydrogens is 477 g/mol. The van der Waals surface area contributed by atoms with Gasteiger partial charge in [0.25, 0.3) is 0 Å². The average Bonchev–Trinajstić information content (AvgIpc) is 2.89. The summed E-state index contributed by atoms with van der Waals surface area (Å²) >= 11 is 0. The number of ether oxygens (including phenoxy) is 2. The van der Waals surface area contributed by atoms with Gasteiger partial charge in [0.2, 0.25) is 11.9 Å². The SMILES string of the molecule is COc1ccc(CN(Cc2ccc(OC)cc2)c2nc(C)nc(-c3cc(CC(=O)O)cnc3F)n2)cc1. The summed E-state index contributed by atoms with van der Waals surface area (Å²) in [6, 6.07) is 16.7. The van der Waals surface area contributed by atoms with E-state index < -0.39 is 11.9 Å². The lowest BCUT2D eigenvalue weighted by Gasteiger charge is -2.24. The Morgan fingerprint density at radius 2 is 1.46 bits per heavy atom. The maximum Gasteiger partial charge on any atom is 0.307 e. The average molecular weight is 504 g/mol. The number of carboxylic acid groups (broad SMARTS) is 1. The van der Waals surface area contributed by atoms with Crippen molar-refractivity contribution in [3.05, 3.63) is 89.3 Å². The third kappa shape index (κ3) is 6.54. The molecule has 0 fully saturated rings. The molecule has 0 radical (unpaired) electrons. The first-order valence-electron chi connectivity index (χ1n) is 11.4. The predicted octanol–water partition coefficient (Wildman–Crippen LogP) is 4.23. The topological polar surface area (TPSA) is 111 Å². The van der Waals surface area contributed by atoms with Crippen molar-refractivity contribution in [1.82, 2.24) is 19.9 Å². The molecule has 0 bridgehead atoms. The second kappa shape index (κ2) is 11.4. The number of methoxy groups -OCH3 is 2. The number of anilines is 1. The standard InChI is InChI=1S/C27H26FN5O4/c1-17-30-26(23-12-20(13-24(34)35)14-29-25(23)28)32-27(31-17)33(15-18-4-8-21(36-2)9-5-18)16-19-6-10-22(37-3)11-7-19/h4-12,14H,13,15-16H2,1-3H3,(H,34,35). The molecule has 2 heterocycles. The number of rotatable bonds is 10. The van der Waals surface area contributed by atoms with Crippen LogP contribution in [-0.2, 0) is 24.3 Å². The van der Waals surface area contributed by atoms with Crippen LogP contribution in [0.1, 0.15) is 22.5 Å². The zero-order valence-corrected chi connectivity index (χ0v) is 20.7. The van der Waals surface area contributed by atoms with Crippen molar-refractivity contribution in [2.75, 3.05) is 19.1 Å². The minimum absolute atomic E-state index is 0.0133. The number of hydrogen-bond donors (Lipinski definition) is 1. The largest absolute Gasteiger partial charge is 0.497 e. The van der Waals surface area contributed by atoms with Crippen molar-refractivity contribution in [3.8, 4) is 22.9 Å². The monoisotopic (exact) mass is 503 g/mol. The van der Waals surface area contributed by atoms with E-state index in [4.69, 9.17) is 14.6 Å². The molecule has 190 valence electrons. The summed E-state index contributed by atoms with van der Waals surface area (Å²) in [5.74, 6) is 0.462. The number of nitrogens with zero attached hydrogens (tertiary/aromatic N) is 5. The fraction of sp³-hybridized carbons (Fsp3) is 0.222. The molecule has 0 unspecified atom stereocenters. The number of hydrogen-bond acceptors (Lipinski definition) is 8. The van der Waals surface area contributed by atoms with E-state index in [1.807, 2.05) is 53.4 Å². The molecule has 0 saturated carbocycles. The lowest BCUT2D eigenvalue weighted by atomic mass is 10.1. The number of aromatic nitrogens is 4. The van der Waals surface area contributed by atoms with Gasteiger partial charge >= 0.3 is 5.97 Å². The smallest absolute Gasteiger partial charge is 0.307 e. The van der Waals surface area contributed by atoms with Crippen LogP contribution >= 0.6 is 0 Å². The highest BCUT2D eigenvalue weighted by atomic mass is 19.1. The Kier molecular flexibility index (Phi) is 7.87. The van der Waals surface area contributed by atoms with Gasteiger partial charge in [-0.05, 0) is 53.9 Å². The highest BCUT2D eigenvalue weighted by Gasteiger charge is 2.18. The molecule has 0 amide bonds. The lowest BCUT2D eigenvalue weighted by Crippen LogP contribution is -2.25. The Hall–Kier alpha value is -4.60. The Bertz CT molecular complexity index is 1330. The summed E-state index contributed by atoms with van der Waals surface area (Å²) in [4.78, 5) is 30.2. The van der Waals surface area contributed by atoms with Crippen molar-refractivity contribution in [1.29, 1.82) is 0 Å². The van der Waals surface area contributed by atoms with Gasteiger partial charge in [-0.25, -0.2) is 9.97 Å². The van der Waals surface area contributed by atoms with Crippen molar-refractivity contribution in [2.24, 2.45) is 0 Å². The van der Waals surface area contributed by atoms with Crippen LogP contribution in [0.2, 0.25) is 0 Å². The molecule has 0 atom stereocenters. The normalized spacial score (nSPS) is 10.7. The van der Waals surface area contributed by atoms with E-state index in [2.05, 4.69) is 19.9 Å². The van der Waals surface area contributed by atoms with Gasteiger partial charge in [0.05, 0.1) is 26.2 Å². The zero-order valence-electron chi connectivity index (χ0n) is 20.7. The van der Waals surface area contributed by atoms with Crippen LogP contribution < -0.4 is 14.4 Å². The number of aliphatic carboxylic acids is 1. The summed E-state index contributed by atoms with van der Waals surface area (Å²) in [7, 11) is 3.22. The summed E-state index contributed by atoms with van der Waals surface area (Å²) < 4.78 is 25.2. The van der Waals surface area contributed by atoms with E-state index in [1.54, 1.807) is 21.1 Å². The van der Waals surface area contributed by atoms with Gasteiger partial charge in [-0.2, -0.15) is 14.4 Å². The van der Waals surface area contributed by atoms with Gasteiger partial charge in [-0.3, -0.25) is 4.79 Å². The lowest BCUT2D eigenvalue weighted by molar-refractivity contribution is -0.136. The molecule has 0 aliphatic carbocycles. The van der Waals surface area contributed by atoms with Crippen molar-refractivity contribution in [3.63, 3.8) is 0 Å². The maximum absolute atomic E-state index is 14.7. The third-order valence-electron chi connectivity index (χ3n) is 5.58. The highest BCUT2D eigenvalue weighted by molar-refractivity contribution is 5.71. The first-order chi connectivity index (χ1) is 17.8. The van der Waals surface area contributed by atoms with E-state index >= 15 is 0 Å². The minimum atomic E-state index is -1.04. The summed E-state index contributed by atoms with van der Waals surface area (Å²) in [6.45, 7) is 2.61. The molecule has 0 saturated heterocycles. The maximum atomic E-state index is 14.7. The molecule has 9 nitrogen and oxygen atoms in total. The van der Waals surface area contributed by atoms with E-state index in [1.165, 1.54) is 12.3 Å². The van der Waals surface area contributed by atoms with Crippen LogP contribution in [0.15, 0.2) is 60.8 Å². The second-order valence-corrected chi connectivity index (χ2v) is 8.31. The fourth-order valence-electron chi connectivity index (χ4n) is 3.75. The van der Waals surface area contributed by atoms with Crippen LogP contribution in [0.25, 0.3) is 11.4 Å². The van der Waals surface area contributed by atoms with Crippen LogP contribution in [0.4, 0.5) is 10.3 Å². The summed E-state index contributed by atoms with van der Waals surface area (Å²) in [6.07, 6.45) is 0.903. The van der Waals surface area contributed by atoms with E-state index in [9.17, 15) is 9.18 Å². The van der Waals surface area contributed by atoms with Crippen LogP contribution in [0.3, 0.4) is 0 Å². The van der Waals surface area contributed by atoms with E-state index in [-0.39, 0.29) is 17.8 Å². The van der Waals surface area contributed by atoms with Crippen LogP contribution in [0.5, 0.6) is 11.5 Å². The highest BCUT2D eigenvalue weighted by Crippen LogP contribution is 2.24. The summed E-state index contributed by atoms with van der Waals surface area (Å²) in [5, 5.41) is 9.12. The van der Waals surface area contributed by atoms with Gasteiger partial charge in [0.1, 0.15) is 17.3 Å². The van der Waals surface area contributed by atoms with Gasteiger partial charge in [-0.15, -0.1) is 0 Å². The number of benzene rings is 2. The van der Waals surface area contributed by atoms with Crippen molar-refractivity contribution >= 4 is 11.9 Å². The minimum Gasteiger partial charge on any atom is -0.497 e. The number of pyridine rings is 1. The first-order valence-corrected chi connectivity index (χ1v) is 11.4. The number of carbonyl (C=O) groups is 1. The molecule has 0 aliphatic rings. The third-order valence-corrected chi connectivity index (χ3v) is 5.58. The van der Waals surface area contributed by atoms with Gasteiger partial charge in [0, 0.05) is 19.3 Å². The zero-order chi connectivity index (χ0) is 26.4. The molecule has 2 aromatic carbocycles. The quantitative estimate of drug-likeness (QED) is 0.318. The Morgan fingerprint density at radius 1 is 0.892 bits per heavy atom. The number of aryl methyl sites for hydroxylation is 1. The fourth-order valence-corrected chi connectivity index (χ4v) is 3.75. The molecule has 10 heteroatoms. The molecule has 0 spiro atoms. The van der Waals surface area contributed by atoms with E-state index in [0.29, 0.717) is 30.4 Å². The van der Waals surface area contributed by atoms with Crippen molar-refractivity contribution < 1.29 is 23.8 Å². The number of carboxylic acids is 1. The number of halogens is 1. The Balaban J connectivity index is 1.73. The van der Waals surface area contributed by atoms with Gasteiger partial charge < -0.3 is 19.5 Å². The molecule has 4 aromatic rings. The van der Waals surface area contributed by atoms with Gasteiger partial charge in [0.15, 0.2) is 5.82 Å². The van der Waals surface area contributed by atoms with Crippen molar-refractivity contribution in [2.45, 2.75) is 26.4 Å². The van der Waals surface area contributed by atoms with E-state index in [0.717, 1.165) is 22.6 Å². The summed E-state index contributed by atoms with van der Waals surface area (Å²) in [5.41, 5.74) is 2.34. The molecular formula is C27H26FN5O4. The molecule has 2 aromatic heterocycles. The van der Waals surface area contributed by atoms with Gasteiger partial charge in [-0.1, -0.05) is 24.3 Å².